The number of amides is 4. The van der Waals surface area contributed by atoms with Crippen molar-refractivity contribution in [2.75, 3.05) is 19.7 Å². The Hall–Kier alpha value is -3.02. The number of nitrogens with zero attached hydrogens (tertiary/aromatic N) is 2. The lowest BCUT2D eigenvalue weighted by Gasteiger charge is -2.41. The molecular formula is C24H35N5O6. The molecule has 11 heteroatoms. The van der Waals surface area contributed by atoms with Crippen molar-refractivity contribution in [3.63, 3.8) is 0 Å². The molecule has 4 amide bonds. The Labute approximate surface area is 204 Å². The van der Waals surface area contributed by atoms with Crippen LogP contribution in [0.2, 0.25) is 0 Å². The summed E-state index contributed by atoms with van der Waals surface area (Å²) in [6, 6.07) is 5.96. The van der Waals surface area contributed by atoms with Gasteiger partial charge >= 0.3 is 0 Å². The van der Waals surface area contributed by atoms with Gasteiger partial charge in [-0.3, -0.25) is 19.2 Å². The van der Waals surface area contributed by atoms with Gasteiger partial charge < -0.3 is 36.8 Å². The number of nitrogens with two attached hydrogens (primary N) is 2. The fourth-order valence-corrected chi connectivity index (χ4v) is 5.10. The number of carbonyl (C=O) groups is 4. The topological polar surface area (TPSA) is 179 Å². The van der Waals surface area contributed by atoms with Crippen molar-refractivity contribution < 1.29 is 29.4 Å². The van der Waals surface area contributed by atoms with Gasteiger partial charge in [0.2, 0.25) is 23.6 Å². The van der Waals surface area contributed by atoms with Gasteiger partial charge in [-0.2, -0.15) is 0 Å². The number of nitrogens with one attached hydrogen (secondary N) is 1. The predicted molar refractivity (Wildman–Crippen MR) is 126 cm³/mol. The maximum Gasteiger partial charge on any atom is 0.247 e. The van der Waals surface area contributed by atoms with Crippen molar-refractivity contribution >= 4 is 23.6 Å². The summed E-state index contributed by atoms with van der Waals surface area (Å²) in [6.45, 7) is 1.44. The zero-order chi connectivity index (χ0) is 25.8. The number of primary amides is 1. The maximum absolute atomic E-state index is 13.8. The summed E-state index contributed by atoms with van der Waals surface area (Å²) < 4.78 is 0. The molecule has 2 saturated heterocycles. The van der Waals surface area contributed by atoms with Gasteiger partial charge in [-0.05, 0) is 38.2 Å². The highest BCUT2D eigenvalue weighted by molar-refractivity contribution is 5.98. The van der Waals surface area contributed by atoms with E-state index < -0.39 is 54.1 Å². The number of aliphatic hydroxyl groups is 2. The van der Waals surface area contributed by atoms with Crippen molar-refractivity contribution in [3.05, 3.63) is 35.9 Å². The molecule has 11 nitrogen and oxygen atoms in total. The minimum absolute atomic E-state index is 0.188. The normalized spacial score (nSPS) is 24.6. The third kappa shape index (κ3) is 5.47. The summed E-state index contributed by atoms with van der Waals surface area (Å²) in [4.78, 5) is 55.0. The molecule has 2 aliphatic rings. The van der Waals surface area contributed by atoms with E-state index >= 15 is 0 Å². The van der Waals surface area contributed by atoms with Crippen LogP contribution in [-0.4, -0.2) is 93.1 Å². The van der Waals surface area contributed by atoms with E-state index in [9.17, 15) is 29.4 Å². The van der Waals surface area contributed by atoms with E-state index in [1.54, 1.807) is 0 Å². The largest absolute Gasteiger partial charge is 0.394 e. The summed E-state index contributed by atoms with van der Waals surface area (Å²) in [5.74, 6) is -2.36. The first-order valence-electron chi connectivity index (χ1n) is 11.9. The summed E-state index contributed by atoms with van der Waals surface area (Å²) in [5, 5.41) is 21.9. The van der Waals surface area contributed by atoms with Crippen LogP contribution in [0.4, 0.5) is 0 Å². The standard InChI is InChI=1S/C24H35N5O6/c1-15(31)19(20(26)32)27-23(35)24(13-16-7-3-2-4-8-16)10-6-12-29(24)22(34)18-9-5-11-28(18)21(33)17(25)14-30/h2-4,7-8,15,17-19,30-31H,5-6,9-14,25H2,1H3,(H2,26,32)(H,27,35)/t15-,17?,18?,19+,24?/m1/s1. The van der Waals surface area contributed by atoms with Crippen LogP contribution in [0.15, 0.2) is 30.3 Å². The van der Waals surface area contributed by atoms with Crippen molar-refractivity contribution in [3.8, 4) is 0 Å². The molecule has 0 bridgehead atoms. The van der Waals surface area contributed by atoms with E-state index in [4.69, 9.17) is 11.5 Å². The Balaban J connectivity index is 1.96. The van der Waals surface area contributed by atoms with Crippen LogP contribution in [0.5, 0.6) is 0 Å². The summed E-state index contributed by atoms with van der Waals surface area (Å²) in [6.07, 6.45) is 0.851. The second-order valence-corrected chi connectivity index (χ2v) is 9.36. The number of carbonyl (C=O) groups excluding carboxylic acids is 4. The van der Waals surface area contributed by atoms with Crippen molar-refractivity contribution in [1.82, 2.24) is 15.1 Å². The summed E-state index contributed by atoms with van der Waals surface area (Å²) >= 11 is 0. The third-order valence-electron chi connectivity index (χ3n) is 6.93. The third-order valence-corrected chi connectivity index (χ3v) is 6.93. The molecule has 0 spiro atoms. The van der Waals surface area contributed by atoms with E-state index in [-0.39, 0.29) is 12.3 Å². The van der Waals surface area contributed by atoms with Gasteiger partial charge in [0.1, 0.15) is 23.7 Å². The first kappa shape index (κ1) is 26.6. The van der Waals surface area contributed by atoms with Gasteiger partial charge in [0.25, 0.3) is 0 Å². The lowest BCUT2D eigenvalue weighted by molar-refractivity contribution is -0.152. The molecule has 2 aliphatic heterocycles. The highest BCUT2D eigenvalue weighted by Gasteiger charge is 2.53. The van der Waals surface area contributed by atoms with Crippen molar-refractivity contribution in [2.45, 2.75) is 68.8 Å². The molecule has 2 fully saturated rings. The average Bonchev–Trinajstić information content (AvgIpc) is 3.49. The highest BCUT2D eigenvalue weighted by Crippen LogP contribution is 2.36. The maximum atomic E-state index is 13.8. The quantitative estimate of drug-likeness (QED) is 0.273. The molecule has 5 atom stereocenters. The molecule has 1 aromatic carbocycles. The average molecular weight is 490 g/mol. The SMILES string of the molecule is C[C@@H](O)[C@H](NC(=O)C1(Cc2ccccc2)CCCN1C(=O)C1CCCN1C(=O)C(N)CO)C(N)=O. The molecule has 3 unspecified atom stereocenters. The number of benzene rings is 1. The van der Waals surface area contributed by atoms with Crippen LogP contribution in [0.25, 0.3) is 0 Å². The first-order chi connectivity index (χ1) is 16.6. The summed E-state index contributed by atoms with van der Waals surface area (Å²) in [7, 11) is 0. The van der Waals surface area contributed by atoms with Crippen LogP contribution >= 0.6 is 0 Å². The van der Waals surface area contributed by atoms with Gasteiger partial charge in [0.15, 0.2) is 0 Å². The van der Waals surface area contributed by atoms with Crippen molar-refractivity contribution in [2.24, 2.45) is 11.5 Å². The highest BCUT2D eigenvalue weighted by atomic mass is 16.3. The molecule has 0 aromatic heterocycles. The minimum Gasteiger partial charge on any atom is -0.394 e. The van der Waals surface area contributed by atoms with Gasteiger partial charge in [-0.1, -0.05) is 30.3 Å². The van der Waals surface area contributed by atoms with E-state index in [1.165, 1.54) is 16.7 Å². The van der Waals surface area contributed by atoms with Gasteiger partial charge in [0, 0.05) is 19.5 Å². The molecule has 3 rings (SSSR count). The van der Waals surface area contributed by atoms with Crippen molar-refractivity contribution in [1.29, 1.82) is 0 Å². The zero-order valence-electron chi connectivity index (χ0n) is 19.9. The van der Waals surface area contributed by atoms with Crippen LogP contribution in [-0.2, 0) is 25.6 Å². The van der Waals surface area contributed by atoms with E-state index in [2.05, 4.69) is 5.32 Å². The molecule has 35 heavy (non-hydrogen) atoms. The molecule has 0 saturated carbocycles. The Morgan fingerprint density at radius 2 is 1.86 bits per heavy atom. The molecule has 0 radical (unpaired) electrons. The van der Waals surface area contributed by atoms with Crippen LogP contribution in [0.1, 0.15) is 38.2 Å². The Morgan fingerprint density at radius 1 is 1.17 bits per heavy atom. The fraction of sp³-hybridized carbons (Fsp3) is 0.583. The van der Waals surface area contributed by atoms with Crippen LogP contribution in [0, 0.1) is 0 Å². The first-order valence-corrected chi connectivity index (χ1v) is 11.9. The minimum atomic E-state index is -1.34. The van der Waals surface area contributed by atoms with Gasteiger partial charge in [-0.25, -0.2) is 0 Å². The van der Waals surface area contributed by atoms with E-state index in [0.717, 1.165) is 5.56 Å². The molecule has 1 aromatic rings. The smallest absolute Gasteiger partial charge is 0.247 e. The second-order valence-electron chi connectivity index (χ2n) is 9.36. The Kier molecular flexibility index (Phi) is 8.47. The van der Waals surface area contributed by atoms with E-state index in [0.29, 0.717) is 38.8 Å². The lowest BCUT2D eigenvalue weighted by atomic mass is 9.86. The van der Waals surface area contributed by atoms with Gasteiger partial charge in [-0.15, -0.1) is 0 Å². The Morgan fingerprint density at radius 3 is 2.46 bits per heavy atom. The predicted octanol–water partition coefficient (Wildman–Crippen LogP) is -1.75. The zero-order valence-corrected chi connectivity index (χ0v) is 19.9. The molecule has 7 N–H and O–H groups in total. The number of aliphatic hydroxyl groups excluding tert-OH is 2. The number of hydrogen-bond donors (Lipinski definition) is 5. The number of hydrogen-bond acceptors (Lipinski definition) is 7. The fourth-order valence-electron chi connectivity index (χ4n) is 5.10. The van der Waals surface area contributed by atoms with Gasteiger partial charge in [0.05, 0.1) is 12.7 Å². The molecule has 192 valence electrons. The number of likely N-dealkylation sites (tertiary alicyclic amines) is 2. The van der Waals surface area contributed by atoms with Crippen LogP contribution in [0.3, 0.4) is 0 Å². The molecule has 0 aliphatic carbocycles. The number of rotatable bonds is 9. The lowest BCUT2D eigenvalue weighted by Crippen LogP contribution is -2.65. The molecule has 2 heterocycles. The second kappa shape index (κ2) is 11.1. The monoisotopic (exact) mass is 489 g/mol. The Bertz CT molecular complexity index is 942. The van der Waals surface area contributed by atoms with Crippen LogP contribution < -0.4 is 16.8 Å². The summed E-state index contributed by atoms with van der Waals surface area (Å²) in [5.41, 5.74) is 10.6. The molecular weight excluding hydrogens is 454 g/mol. The van der Waals surface area contributed by atoms with E-state index in [1.807, 2.05) is 30.3 Å².